The highest BCUT2D eigenvalue weighted by atomic mass is 32.1. The normalized spacial score (nSPS) is 16.7. The van der Waals surface area contributed by atoms with Crippen LogP contribution in [0.1, 0.15) is 26.5 Å². The molecule has 0 aliphatic carbocycles. The highest BCUT2D eigenvalue weighted by Gasteiger charge is 2.21. The fraction of sp³-hybridized carbons (Fsp3) is 0.188. The Hall–Kier alpha value is -1.94. The van der Waals surface area contributed by atoms with Crippen LogP contribution < -0.4 is 4.74 Å². The number of ketones is 1. The van der Waals surface area contributed by atoms with Crippen LogP contribution in [-0.2, 0) is 0 Å². The number of hydrogen-bond donors (Lipinski definition) is 0. The number of rotatable bonds is 1. The summed E-state index contributed by atoms with van der Waals surface area (Å²) in [6, 6.07) is 8.07. The van der Waals surface area contributed by atoms with E-state index in [9.17, 15) is 9.18 Å². The van der Waals surface area contributed by atoms with Crippen molar-refractivity contribution in [2.24, 2.45) is 0 Å². The standard InChI is InChI=1S/C16H13FO2S/c1-10-2-4-13(20-10)8-11-6-7-19-15-5-3-12(17)9-14(15)16(11)18/h2-5,8-9H,6-7H2,1H3. The van der Waals surface area contributed by atoms with Gasteiger partial charge in [0.25, 0.3) is 0 Å². The van der Waals surface area contributed by atoms with Gasteiger partial charge in [0.2, 0.25) is 0 Å². The molecule has 0 fully saturated rings. The van der Waals surface area contributed by atoms with Gasteiger partial charge in [-0.3, -0.25) is 4.79 Å². The molecule has 20 heavy (non-hydrogen) atoms. The van der Waals surface area contributed by atoms with Gasteiger partial charge in [-0.1, -0.05) is 0 Å². The molecule has 1 aromatic heterocycles. The van der Waals surface area contributed by atoms with Crippen molar-refractivity contribution >= 4 is 23.2 Å². The maximum Gasteiger partial charge on any atom is 0.193 e. The first kappa shape index (κ1) is 13.1. The van der Waals surface area contributed by atoms with E-state index in [-0.39, 0.29) is 5.78 Å². The third-order valence-electron chi connectivity index (χ3n) is 3.18. The summed E-state index contributed by atoms with van der Waals surface area (Å²) < 4.78 is 18.9. The first-order valence-electron chi connectivity index (χ1n) is 6.37. The van der Waals surface area contributed by atoms with Crippen LogP contribution in [0.15, 0.2) is 35.9 Å². The molecule has 1 aromatic carbocycles. The highest BCUT2D eigenvalue weighted by Crippen LogP contribution is 2.29. The number of halogens is 1. The molecule has 3 rings (SSSR count). The highest BCUT2D eigenvalue weighted by molar-refractivity contribution is 7.12. The van der Waals surface area contributed by atoms with Crippen LogP contribution in [0.3, 0.4) is 0 Å². The average molecular weight is 288 g/mol. The van der Waals surface area contributed by atoms with E-state index in [0.29, 0.717) is 29.9 Å². The lowest BCUT2D eigenvalue weighted by molar-refractivity contribution is 0.103. The maximum absolute atomic E-state index is 13.3. The summed E-state index contributed by atoms with van der Waals surface area (Å²) in [5, 5.41) is 0. The summed E-state index contributed by atoms with van der Waals surface area (Å²) in [5.41, 5.74) is 0.971. The van der Waals surface area contributed by atoms with Gasteiger partial charge in [0.1, 0.15) is 11.6 Å². The van der Waals surface area contributed by atoms with E-state index in [1.807, 2.05) is 25.1 Å². The Morgan fingerprint density at radius 3 is 2.90 bits per heavy atom. The monoisotopic (exact) mass is 288 g/mol. The van der Waals surface area contributed by atoms with Crippen molar-refractivity contribution in [3.63, 3.8) is 0 Å². The lowest BCUT2D eigenvalue weighted by atomic mass is 10.0. The van der Waals surface area contributed by atoms with Crippen molar-refractivity contribution < 1.29 is 13.9 Å². The second kappa shape index (κ2) is 5.21. The van der Waals surface area contributed by atoms with E-state index in [0.717, 1.165) is 4.88 Å². The Kier molecular flexibility index (Phi) is 3.40. The van der Waals surface area contributed by atoms with Crippen molar-refractivity contribution in [3.05, 3.63) is 57.0 Å². The summed E-state index contributed by atoms with van der Waals surface area (Å²) >= 11 is 1.63. The molecular weight excluding hydrogens is 275 g/mol. The molecule has 0 spiro atoms. The fourth-order valence-electron chi connectivity index (χ4n) is 2.20. The minimum absolute atomic E-state index is 0.150. The zero-order valence-corrected chi connectivity index (χ0v) is 11.8. The molecule has 0 unspecified atom stereocenters. The number of benzene rings is 1. The summed E-state index contributed by atoms with van der Waals surface area (Å²) in [5.74, 6) is -0.112. The molecule has 0 radical (unpaired) electrons. The topological polar surface area (TPSA) is 26.3 Å². The third kappa shape index (κ3) is 2.51. The lowest BCUT2D eigenvalue weighted by Gasteiger charge is -2.04. The maximum atomic E-state index is 13.3. The van der Waals surface area contributed by atoms with Crippen molar-refractivity contribution in [3.8, 4) is 5.75 Å². The van der Waals surface area contributed by atoms with Gasteiger partial charge in [-0.2, -0.15) is 0 Å². The first-order chi connectivity index (χ1) is 9.63. The SMILES string of the molecule is Cc1ccc(C=C2CCOc3ccc(F)cc3C2=O)s1. The van der Waals surface area contributed by atoms with Crippen LogP contribution in [-0.4, -0.2) is 12.4 Å². The van der Waals surface area contributed by atoms with Gasteiger partial charge in [-0.15, -0.1) is 11.3 Å². The second-order valence-corrected chi connectivity index (χ2v) is 6.01. The van der Waals surface area contributed by atoms with Crippen LogP contribution in [0.4, 0.5) is 4.39 Å². The van der Waals surface area contributed by atoms with Gasteiger partial charge >= 0.3 is 0 Å². The first-order valence-corrected chi connectivity index (χ1v) is 7.19. The van der Waals surface area contributed by atoms with Crippen molar-refractivity contribution in [1.29, 1.82) is 0 Å². The number of carbonyl (C=O) groups is 1. The predicted octanol–water partition coefficient (Wildman–Crippen LogP) is 4.24. The van der Waals surface area contributed by atoms with E-state index in [4.69, 9.17) is 4.74 Å². The molecule has 0 saturated carbocycles. The summed E-state index contributed by atoms with van der Waals surface area (Å²) in [6.45, 7) is 2.45. The van der Waals surface area contributed by atoms with Crippen LogP contribution >= 0.6 is 11.3 Å². The number of hydrogen-bond acceptors (Lipinski definition) is 3. The molecule has 0 N–H and O–H groups in total. The number of fused-ring (bicyclic) bond motifs is 1. The van der Waals surface area contributed by atoms with Gasteiger partial charge in [0.15, 0.2) is 5.78 Å². The largest absolute Gasteiger partial charge is 0.492 e. The Labute approximate surface area is 120 Å². The van der Waals surface area contributed by atoms with Crippen LogP contribution in [0.2, 0.25) is 0 Å². The summed E-state index contributed by atoms with van der Waals surface area (Å²) in [7, 11) is 0. The molecular formula is C16H13FO2S. The number of carbonyl (C=O) groups excluding carboxylic acids is 1. The molecule has 0 saturated heterocycles. The number of ether oxygens (including phenoxy) is 1. The Morgan fingerprint density at radius 2 is 2.15 bits per heavy atom. The zero-order chi connectivity index (χ0) is 14.1. The quantitative estimate of drug-likeness (QED) is 0.733. The molecule has 0 atom stereocenters. The molecule has 1 aliphatic rings. The molecule has 102 valence electrons. The van der Waals surface area contributed by atoms with Crippen LogP contribution in [0.5, 0.6) is 5.75 Å². The van der Waals surface area contributed by atoms with Gasteiger partial charge in [-0.05, 0) is 43.3 Å². The molecule has 2 nitrogen and oxygen atoms in total. The molecule has 0 bridgehead atoms. The zero-order valence-electron chi connectivity index (χ0n) is 11.0. The third-order valence-corrected chi connectivity index (χ3v) is 4.13. The van der Waals surface area contributed by atoms with E-state index in [1.54, 1.807) is 11.3 Å². The Balaban J connectivity index is 2.02. The predicted molar refractivity (Wildman–Crippen MR) is 77.9 cm³/mol. The summed E-state index contributed by atoms with van der Waals surface area (Å²) in [4.78, 5) is 14.7. The Morgan fingerprint density at radius 1 is 1.30 bits per heavy atom. The molecule has 0 amide bonds. The van der Waals surface area contributed by atoms with Gasteiger partial charge in [0, 0.05) is 21.7 Å². The molecule has 1 aliphatic heterocycles. The minimum atomic E-state index is -0.422. The number of thiophene rings is 1. The van der Waals surface area contributed by atoms with E-state index in [2.05, 4.69) is 0 Å². The molecule has 4 heteroatoms. The number of aryl methyl sites for hydroxylation is 1. The smallest absolute Gasteiger partial charge is 0.193 e. The van der Waals surface area contributed by atoms with Gasteiger partial charge < -0.3 is 4.74 Å². The van der Waals surface area contributed by atoms with Crippen LogP contribution in [0.25, 0.3) is 6.08 Å². The van der Waals surface area contributed by atoms with Gasteiger partial charge in [-0.25, -0.2) is 4.39 Å². The lowest BCUT2D eigenvalue weighted by Crippen LogP contribution is -2.02. The van der Waals surface area contributed by atoms with Crippen molar-refractivity contribution in [2.45, 2.75) is 13.3 Å². The Bertz CT molecular complexity index is 700. The van der Waals surface area contributed by atoms with Crippen LogP contribution in [0, 0.1) is 12.7 Å². The fourth-order valence-corrected chi connectivity index (χ4v) is 3.05. The van der Waals surface area contributed by atoms with E-state index >= 15 is 0 Å². The summed E-state index contributed by atoms with van der Waals surface area (Å²) in [6.07, 6.45) is 2.41. The molecule has 2 aromatic rings. The molecule has 2 heterocycles. The second-order valence-electron chi connectivity index (χ2n) is 4.69. The van der Waals surface area contributed by atoms with Crippen molar-refractivity contribution in [2.75, 3.05) is 6.61 Å². The minimum Gasteiger partial charge on any atom is -0.492 e. The van der Waals surface area contributed by atoms with Crippen molar-refractivity contribution in [1.82, 2.24) is 0 Å². The van der Waals surface area contributed by atoms with Gasteiger partial charge in [0.05, 0.1) is 12.2 Å². The average Bonchev–Trinajstić information content (AvgIpc) is 2.77. The van der Waals surface area contributed by atoms with E-state index in [1.165, 1.54) is 23.1 Å². The van der Waals surface area contributed by atoms with E-state index < -0.39 is 5.82 Å². The number of Topliss-reactive ketones (excluding diaryl/α,β-unsaturated/α-hetero) is 1.